The number of hydrogen-bond donors (Lipinski definition) is 2. The van der Waals surface area contributed by atoms with E-state index in [2.05, 4.69) is 5.32 Å². The molecule has 2 N–H and O–H groups in total. The van der Waals surface area contributed by atoms with Gasteiger partial charge in [-0.2, -0.15) is 0 Å². The number of hydrogen-bond acceptors (Lipinski definition) is 2. The Bertz CT molecular complexity index is 108. The third-order valence-corrected chi connectivity index (χ3v) is 2.60. The minimum atomic E-state index is -0.200. The van der Waals surface area contributed by atoms with Crippen molar-refractivity contribution >= 4 is 0 Å². The van der Waals surface area contributed by atoms with Crippen molar-refractivity contribution in [3.8, 4) is 0 Å². The predicted octanol–water partition coefficient (Wildman–Crippen LogP) is 1.54. The van der Waals surface area contributed by atoms with Gasteiger partial charge in [-0.05, 0) is 32.2 Å². The van der Waals surface area contributed by atoms with Crippen LogP contribution < -0.4 is 5.32 Å². The van der Waals surface area contributed by atoms with Crippen molar-refractivity contribution in [2.45, 2.75) is 45.1 Å². The molecule has 0 amide bonds. The molecule has 1 rings (SSSR count). The van der Waals surface area contributed by atoms with E-state index in [-0.39, 0.29) is 6.10 Å². The lowest BCUT2D eigenvalue weighted by Gasteiger charge is -2.22. The number of aliphatic hydroxyl groups is 1. The van der Waals surface area contributed by atoms with Crippen LogP contribution in [-0.4, -0.2) is 24.3 Å². The molecule has 0 aromatic heterocycles. The van der Waals surface area contributed by atoms with E-state index in [4.69, 9.17) is 5.11 Å². The highest BCUT2D eigenvalue weighted by molar-refractivity contribution is 4.68. The van der Waals surface area contributed by atoms with Crippen molar-refractivity contribution < 1.29 is 5.11 Å². The number of aliphatic hydroxyl groups excluding tert-OH is 1. The Hall–Kier alpha value is -0.0800. The zero-order chi connectivity index (χ0) is 8.81. The summed E-state index contributed by atoms with van der Waals surface area (Å²) in [7, 11) is 0. The highest BCUT2D eigenvalue weighted by Crippen LogP contribution is 2.22. The van der Waals surface area contributed by atoms with Crippen molar-refractivity contribution in [2.24, 2.45) is 5.92 Å². The largest absolute Gasteiger partial charge is 0.392 e. The molecule has 1 aliphatic carbocycles. The van der Waals surface area contributed by atoms with Gasteiger partial charge in [-0.3, -0.25) is 0 Å². The van der Waals surface area contributed by atoms with Gasteiger partial charge in [0.1, 0.15) is 0 Å². The molecule has 0 aliphatic heterocycles. The molecule has 0 aromatic rings. The van der Waals surface area contributed by atoms with Crippen LogP contribution in [0.3, 0.4) is 0 Å². The Kier molecular flexibility index (Phi) is 4.62. The van der Waals surface area contributed by atoms with Gasteiger partial charge in [0, 0.05) is 6.54 Å². The summed E-state index contributed by atoms with van der Waals surface area (Å²) in [6.07, 6.45) is 6.79. The first kappa shape index (κ1) is 10.0. The highest BCUT2D eigenvalue weighted by Gasteiger charge is 2.12. The van der Waals surface area contributed by atoms with Crippen molar-refractivity contribution in [3.05, 3.63) is 0 Å². The maximum Gasteiger partial charge on any atom is 0.0636 e. The third kappa shape index (κ3) is 4.07. The molecular weight excluding hydrogens is 150 g/mol. The molecule has 0 heterocycles. The molecule has 1 fully saturated rings. The average Bonchev–Trinajstić information content (AvgIpc) is 2.05. The molecule has 1 saturated carbocycles. The SMILES string of the molecule is CC(O)CNCC1CCCCC1. The van der Waals surface area contributed by atoms with E-state index in [1.165, 1.54) is 32.1 Å². The highest BCUT2D eigenvalue weighted by atomic mass is 16.3. The lowest BCUT2D eigenvalue weighted by molar-refractivity contribution is 0.187. The molecule has 0 bridgehead atoms. The van der Waals surface area contributed by atoms with Crippen LogP contribution in [0.25, 0.3) is 0 Å². The van der Waals surface area contributed by atoms with E-state index in [1.807, 2.05) is 6.92 Å². The van der Waals surface area contributed by atoms with E-state index in [0.717, 1.165) is 19.0 Å². The van der Waals surface area contributed by atoms with Crippen LogP contribution in [0.2, 0.25) is 0 Å². The van der Waals surface area contributed by atoms with Crippen LogP contribution in [-0.2, 0) is 0 Å². The maximum atomic E-state index is 9.02. The fourth-order valence-corrected chi connectivity index (χ4v) is 1.89. The average molecular weight is 171 g/mol. The van der Waals surface area contributed by atoms with Gasteiger partial charge in [0.15, 0.2) is 0 Å². The van der Waals surface area contributed by atoms with Crippen LogP contribution in [0.15, 0.2) is 0 Å². The molecule has 72 valence electrons. The van der Waals surface area contributed by atoms with Gasteiger partial charge >= 0.3 is 0 Å². The molecule has 2 heteroatoms. The second-order valence-electron chi connectivity index (χ2n) is 4.01. The number of nitrogens with one attached hydrogen (secondary N) is 1. The maximum absolute atomic E-state index is 9.02. The van der Waals surface area contributed by atoms with Gasteiger partial charge in [-0.25, -0.2) is 0 Å². The Labute approximate surface area is 75.4 Å². The first-order chi connectivity index (χ1) is 5.79. The summed E-state index contributed by atoms with van der Waals surface area (Å²) in [6.45, 7) is 3.68. The summed E-state index contributed by atoms with van der Waals surface area (Å²) in [5, 5.41) is 12.3. The molecule has 1 unspecified atom stereocenters. The molecule has 12 heavy (non-hydrogen) atoms. The van der Waals surface area contributed by atoms with Crippen LogP contribution in [0.5, 0.6) is 0 Å². The zero-order valence-corrected chi connectivity index (χ0v) is 8.05. The summed E-state index contributed by atoms with van der Waals surface area (Å²) in [5.74, 6) is 0.873. The van der Waals surface area contributed by atoms with Crippen LogP contribution in [0, 0.1) is 5.92 Å². The molecule has 0 spiro atoms. The Morgan fingerprint density at radius 1 is 1.33 bits per heavy atom. The van der Waals surface area contributed by atoms with Crippen LogP contribution in [0.1, 0.15) is 39.0 Å². The second-order valence-corrected chi connectivity index (χ2v) is 4.01. The molecular formula is C10H21NO. The molecule has 1 aliphatic rings. The monoisotopic (exact) mass is 171 g/mol. The summed E-state index contributed by atoms with van der Waals surface area (Å²) in [6, 6.07) is 0. The summed E-state index contributed by atoms with van der Waals surface area (Å²) in [5.41, 5.74) is 0. The molecule has 2 nitrogen and oxygen atoms in total. The smallest absolute Gasteiger partial charge is 0.0636 e. The van der Waals surface area contributed by atoms with Gasteiger partial charge in [0.25, 0.3) is 0 Å². The van der Waals surface area contributed by atoms with Gasteiger partial charge < -0.3 is 10.4 Å². The lowest BCUT2D eigenvalue weighted by Crippen LogP contribution is -2.30. The summed E-state index contributed by atoms with van der Waals surface area (Å²) in [4.78, 5) is 0. The lowest BCUT2D eigenvalue weighted by atomic mass is 9.89. The molecule has 0 radical (unpaired) electrons. The second kappa shape index (κ2) is 5.55. The normalized spacial score (nSPS) is 22.5. The fourth-order valence-electron chi connectivity index (χ4n) is 1.89. The van der Waals surface area contributed by atoms with Gasteiger partial charge in [-0.1, -0.05) is 19.3 Å². The first-order valence-corrected chi connectivity index (χ1v) is 5.18. The van der Waals surface area contributed by atoms with E-state index >= 15 is 0 Å². The quantitative estimate of drug-likeness (QED) is 0.672. The third-order valence-electron chi connectivity index (χ3n) is 2.60. The van der Waals surface area contributed by atoms with Crippen molar-refractivity contribution in [1.82, 2.24) is 5.32 Å². The number of rotatable bonds is 4. The van der Waals surface area contributed by atoms with Crippen LogP contribution >= 0.6 is 0 Å². The van der Waals surface area contributed by atoms with Gasteiger partial charge in [0.2, 0.25) is 0 Å². The van der Waals surface area contributed by atoms with E-state index in [1.54, 1.807) is 0 Å². The fraction of sp³-hybridized carbons (Fsp3) is 1.00. The van der Waals surface area contributed by atoms with Crippen molar-refractivity contribution in [3.63, 3.8) is 0 Å². The van der Waals surface area contributed by atoms with Crippen LogP contribution in [0.4, 0.5) is 0 Å². The first-order valence-electron chi connectivity index (χ1n) is 5.18. The topological polar surface area (TPSA) is 32.3 Å². The minimum Gasteiger partial charge on any atom is -0.392 e. The Morgan fingerprint density at radius 3 is 2.58 bits per heavy atom. The van der Waals surface area contributed by atoms with E-state index < -0.39 is 0 Å². The Balaban J connectivity index is 1.98. The van der Waals surface area contributed by atoms with Crippen molar-refractivity contribution in [1.29, 1.82) is 0 Å². The molecule has 0 aromatic carbocycles. The predicted molar refractivity (Wildman–Crippen MR) is 51.1 cm³/mol. The summed E-state index contributed by atoms with van der Waals surface area (Å²) < 4.78 is 0. The van der Waals surface area contributed by atoms with E-state index in [0.29, 0.717) is 0 Å². The van der Waals surface area contributed by atoms with Crippen molar-refractivity contribution in [2.75, 3.05) is 13.1 Å². The molecule has 0 saturated heterocycles. The van der Waals surface area contributed by atoms with E-state index in [9.17, 15) is 0 Å². The zero-order valence-electron chi connectivity index (χ0n) is 8.05. The summed E-state index contributed by atoms with van der Waals surface area (Å²) >= 11 is 0. The minimum absolute atomic E-state index is 0.200. The van der Waals surface area contributed by atoms with Gasteiger partial charge in [-0.15, -0.1) is 0 Å². The Morgan fingerprint density at radius 2 is 2.00 bits per heavy atom. The van der Waals surface area contributed by atoms with Gasteiger partial charge in [0.05, 0.1) is 6.10 Å². The molecule has 1 atom stereocenters. The standard InChI is InChI=1S/C10H21NO/c1-9(12)7-11-8-10-5-3-2-4-6-10/h9-12H,2-8H2,1H3.